The van der Waals surface area contributed by atoms with Crippen molar-refractivity contribution in [3.63, 3.8) is 0 Å². The summed E-state index contributed by atoms with van der Waals surface area (Å²) in [4.78, 5) is 22.1. The van der Waals surface area contributed by atoms with E-state index in [0.29, 0.717) is 23.3 Å². The van der Waals surface area contributed by atoms with E-state index in [-0.39, 0.29) is 5.91 Å². The Morgan fingerprint density at radius 1 is 1.42 bits per heavy atom. The molecular formula is C13H19ClN4O. The molecule has 0 spiro atoms. The number of likely N-dealkylation sites (tertiary alicyclic amines) is 1. The van der Waals surface area contributed by atoms with Crippen molar-refractivity contribution >= 4 is 17.5 Å². The van der Waals surface area contributed by atoms with Crippen molar-refractivity contribution < 1.29 is 4.79 Å². The van der Waals surface area contributed by atoms with E-state index >= 15 is 0 Å². The zero-order valence-corrected chi connectivity index (χ0v) is 11.9. The van der Waals surface area contributed by atoms with Gasteiger partial charge in [-0.2, -0.15) is 0 Å². The maximum Gasteiger partial charge on any atom is 0.271 e. The largest absolute Gasteiger partial charge is 0.350 e. The summed E-state index contributed by atoms with van der Waals surface area (Å²) in [6.07, 6.45) is 5.35. The highest BCUT2D eigenvalue weighted by molar-refractivity contribution is 6.29. The Hall–Kier alpha value is -1.20. The first-order valence-corrected chi connectivity index (χ1v) is 7.01. The van der Waals surface area contributed by atoms with Crippen LogP contribution in [0.3, 0.4) is 0 Å². The lowest BCUT2D eigenvalue weighted by molar-refractivity contribution is 0.0939. The second-order valence-electron chi connectivity index (χ2n) is 5.05. The molecule has 1 atom stereocenters. The molecule has 0 aliphatic carbocycles. The molecule has 0 radical (unpaired) electrons. The molecule has 1 saturated heterocycles. The maximum atomic E-state index is 11.8. The maximum absolute atomic E-state index is 11.8. The minimum Gasteiger partial charge on any atom is -0.350 e. The van der Waals surface area contributed by atoms with Gasteiger partial charge in [-0.3, -0.25) is 4.79 Å². The number of amides is 1. The van der Waals surface area contributed by atoms with Gasteiger partial charge in [0, 0.05) is 13.1 Å². The van der Waals surface area contributed by atoms with Crippen LogP contribution in [0.2, 0.25) is 5.15 Å². The number of nitrogens with one attached hydrogen (secondary N) is 1. The van der Waals surface area contributed by atoms with Crippen molar-refractivity contribution in [2.24, 2.45) is 5.92 Å². The molecule has 1 N–H and O–H groups in total. The molecule has 0 aromatic carbocycles. The first kappa shape index (κ1) is 14.2. The zero-order valence-electron chi connectivity index (χ0n) is 11.1. The highest BCUT2D eigenvalue weighted by atomic mass is 35.5. The number of carbonyl (C=O) groups is 1. The van der Waals surface area contributed by atoms with E-state index in [1.165, 1.54) is 38.3 Å². The van der Waals surface area contributed by atoms with Crippen molar-refractivity contribution in [1.82, 2.24) is 20.2 Å². The van der Waals surface area contributed by atoms with Gasteiger partial charge in [0.25, 0.3) is 5.91 Å². The van der Waals surface area contributed by atoms with Gasteiger partial charge in [-0.1, -0.05) is 18.5 Å². The van der Waals surface area contributed by atoms with Crippen molar-refractivity contribution in [2.75, 3.05) is 26.2 Å². The Balaban J connectivity index is 1.74. The van der Waals surface area contributed by atoms with E-state index in [2.05, 4.69) is 27.1 Å². The van der Waals surface area contributed by atoms with Gasteiger partial charge in [0.1, 0.15) is 10.8 Å². The quantitative estimate of drug-likeness (QED) is 0.891. The number of nitrogens with zero attached hydrogens (tertiary/aromatic N) is 3. The Morgan fingerprint density at radius 3 is 2.79 bits per heavy atom. The van der Waals surface area contributed by atoms with Gasteiger partial charge < -0.3 is 10.2 Å². The molecule has 5 nitrogen and oxygen atoms in total. The monoisotopic (exact) mass is 282 g/mol. The van der Waals surface area contributed by atoms with Gasteiger partial charge in [0.05, 0.1) is 12.4 Å². The zero-order chi connectivity index (χ0) is 13.7. The number of halogens is 1. The van der Waals surface area contributed by atoms with Crippen molar-refractivity contribution in [3.05, 3.63) is 23.2 Å². The van der Waals surface area contributed by atoms with Gasteiger partial charge in [-0.25, -0.2) is 9.97 Å². The third-order valence-corrected chi connectivity index (χ3v) is 3.43. The Kier molecular flexibility index (Phi) is 5.10. The molecule has 1 fully saturated rings. The van der Waals surface area contributed by atoms with Crippen LogP contribution in [0.5, 0.6) is 0 Å². The molecule has 1 amide bonds. The Labute approximate surface area is 118 Å². The van der Waals surface area contributed by atoms with Crippen LogP contribution in [0.25, 0.3) is 0 Å². The van der Waals surface area contributed by atoms with Crippen molar-refractivity contribution in [3.8, 4) is 0 Å². The Morgan fingerprint density at radius 2 is 2.16 bits per heavy atom. The van der Waals surface area contributed by atoms with Gasteiger partial charge in [-0.15, -0.1) is 0 Å². The van der Waals surface area contributed by atoms with Gasteiger partial charge in [0.15, 0.2) is 0 Å². The summed E-state index contributed by atoms with van der Waals surface area (Å²) in [5.41, 5.74) is 0.303. The predicted molar refractivity (Wildman–Crippen MR) is 74.2 cm³/mol. The van der Waals surface area contributed by atoms with Gasteiger partial charge in [-0.05, 0) is 31.8 Å². The number of carbonyl (C=O) groups excluding carboxylic acids is 1. The number of hydrogen-bond donors (Lipinski definition) is 1. The molecule has 1 aromatic heterocycles. The molecule has 1 aliphatic rings. The fraction of sp³-hybridized carbons (Fsp3) is 0.615. The summed E-state index contributed by atoms with van der Waals surface area (Å²) in [7, 11) is 0. The van der Waals surface area contributed by atoms with Gasteiger partial charge in [0.2, 0.25) is 0 Å². The van der Waals surface area contributed by atoms with Crippen LogP contribution in [-0.4, -0.2) is 47.0 Å². The summed E-state index contributed by atoms with van der Waals surface area (Å²) < 4.78 is 0. The third kappa shape index (κ3) is 4.44. The highest BCUT2D eigenvalue weighted by Crippen LogP contribution is 2.09. The van der Waals surface area contributed by atoms with E-state index < -0.39 is 0 Å². The molecule has 0 bridgehead atoms. The third-order valence-electron chi connectivity index (χ3n) is 3.23. The normalized spacial score (nSPS) is 17.4. The lowest BCUT2D eigenvalue weighted by Gasteiger charge is -2.20. The highest BCUT2D eigenvalue weighted by Gasteiger charge is 2.15. The van der Waals surface area contributed by atoms with E-state index in [1.807, 2.05) is 0 Å². The van der Waals surface area contributed by atoms with Crippen LogP contribution in [0.4, 0.5) is 0 Å². The molecule has 1 aliphatic heterocycles. The molecule has 0 saturated carbocycles. The molecule has 1 aromatic rings. The van der Waals surface area contributed by atoms with Crippen LogP contribution in [-0.2, 0) is 0 Å². The lowest BCUT2D eigenvalue weighted by Crippen LogP contribution is -2.34. The Bertz CT molecular complexity index is 417. The molecule has 19 heavy (non-hydrogen) atoms. The van der Waals surface area contributed by atoms with Crippen LogP contribution in [0.15, 0.2) is 12.4 Å². The summed E-state index contributed by atoms with van der Waals surface area (Å²) in [6, 6.07) is 0. The molecule has 104 valence electrons. The summed E-state index contributed by atoms with van der Waals surface area (Å²) in [5.74, 6) is 0.236. The fourth-order valence-electron chi connectivity index (χ4n) is 2.26. The van der Waals surface area contributed by atoms with Crippen molar-refractivity contribution in [1.29, 1.82) is 0 Å². The van der Waals surface area contributed by atoms with E-state index in [4.69, 9.17) is 11.6 Å². The van der Waals surface area contributed by atoms with Crippen LogP contribution in [0, 0.1) is 5.92 Å². The van der Waals surface area contributed by atoms with Crippen molar-refractivity contribution in [2.45, 2.75) is 19.8 Å². The molecule has 6 heteroatoms. The SMILES string of the molecule is CC(CNC(=O)c1cnc(Cl)cn1)CN1CCCC1. The number of aromatic nitrogens is 2. The fourth-order valence-corrected chi connectivity index (χ4v) is 2.36. The van der Waals surface area contributed by atoms with Crippen LogP contribution < -0.4 is 5.32 Å². The summed E-state index contributed by atoms with van der Waals surface area (Å²) >= 11 is 5.63. The van der Waals surface area contributed by atoms with E-state index in [1.54, 1.807) is 0 Å². The standard InChI is InChI=1S/C13H19ClN4O/c1-10(9-18-4-2-3-5-18)6-17-13(19)11-7-16-12(14)8-15-11/h7-8,10H,2-6,9H2,1H3,(H,17,19). The van der Waals surface area contributed by atoms with Gasteiger partial charge >= 0.3 is 0 Å². The summed E-state index contributed by atoms with van der Waals surface area (Å²) in [5, 5.41) is 3.17. The number of hydrogen-bond acceptors (Lipinski definition) is 4. The molecule has 2 rings (SSSR count). The number of rotatable bonds is 5. The minimum atomic E-state index is -0.197. The smallest absolute Gasteiger partial charge is 0.271 e. The van der Waals surface area contributed by atoms with E-state index in [0.717, 1.165) is 6.54 Å². The topological polar surface area (TPSA) is 58.1 Å². The molecule has 2 heterocycles. The lowest BCUT2D eigenvalue weighted by atomic mass is 10.1. The van der Waals surface area contributed by atoms with Crippen LogP contribution in [0.1, 0.15) is 30.3 Å². The predicted octanol–water partition coefficient (Wildman–Crippen LogP) is 1.59. The molecule has 1 unspecified atom stereocenters. The molecular weight excluding hydrogens is 264 g/mol. The minimum absolute atomic E-state index is 0.197. The summed E-state index contributed by atoms with van der Waals surface area (Å²) in [6.45, 7) is 6.19. The second kappa shape index (κ2) is 6.82. The average Bonchev–Trinajstić information content (AvgIpc) is 2.89. The second-order valence-corrected chi connectivity index (χ2v) is 5.43. The van der Waals surface area contributed by atoms with E-state index in [9.17, 15) is 4.79 Å². The first-order chi connectivity index (χ1) is 9.15. The first-order valence-electron chi connectivity index (χ1n) is 6.63. The van der Waals surface area contributed by atoms with Crippen LogP contribution >= 0.6 is 11.6 Å². The average molecular weight is 283 g/mol.